The minimum atomic E-state index is -3.57. The fourth-order valence-electron chi connectivity index (χ4n) is 4.03. The third-order valence-electron chi connectivity index (χ3n) is 5.64. The molecule has 1 fully saturated rings. The van der Waals surface area contributed by atoms with Gasteiger partial charge >= 0.3 is 4.87 Å². The van der Waals surface area contributed by atoms with E-state index in [9.17, 15) is 18.0 Å². The maximum absolute atomic E-state index is 12.9. The molecule has 3 aromatic rings. The summed E-state index contributed by atoms with van der Waals surface area (Å²) in [5.74, 6) is -0.798. The first kappa shape index (κ1) is 23.0. The summed E-state index contributed by atoms with van der Waals surface area (Å²) in [7, 11) is -3.57. The maximum Gasteiger partial charge on any atom is 0.308 e. The highest BCUT2D eigenvalue weighted by molar-refractivity contribution is 7.88. The number of nitrogens with one attached hydrogen (secondary N) is 1. The van der Waals surface area contributed by atoms with Crippen LogP contribution in [0.3, 0.4) is 0 Å². The van der Waals surface area contributed by atoms with Crippen LogP contribution in [-0.4, -0.2) is 36.3 Å². The molecular weight excluding hydrogens is 470 g/mol. The lowest BCUT2D eigenvalue weighted by molar-refractivity contribution is -0.120. The summed E-state index contributed by atoms with van der Waals surface area (Å²) in [6, 6.07) is 12.2. The number of anilines is 1. The molecule has 170 valence electrons. The van der Waals surface area contributed by atoms with Gasteiger partial charge in [0.15, 0.2) is 0 Å². The van der Waals surface area contributed by atoms with E-state index in [1.54, 1.807) is 41.0 Å². The van der Waals surface area contributed by atoms with Gasteiger partial charge in [-0.25, -0.2) is 12.7 Å². The highest BCUT2D eigenvalue weighted by Crippen LogP contribution is 2.26. The zero-order chi connectivity index (χ0) is 22.9. The zero-order valence-corrected chi connectivity index (χ0v) is 20.0. The number of amides is 1. The molecule has 10 heteroatoms. The Bertz CT molecular complexity index is 1320. The lowest BCUT2D eigenvalue weighted by Gasteiger charge is -2.31. The average Bonchev–Trinajstić information content (AvgIpc) is 3.07. The predicted molar refractivity (Wildman–Crippen MR) is 129 cm³/mol. The highest BCUT2D eigenvalue weighted by atomic mass is 35.5. The number of sulfonamides is 1. The highest BCUT2D eigenvalue weighted by Gasteiger charge is 2.32. The number of halogens is 1. The Kier molecular flexibility index (Phi) is 6.71. The van der Waals surface area contributed by atoms with Crippen LogP contribution in [0, 0.1) is 5.92 Å². The molecule has 4 rings (SSSR count). The number of fused-ring (bicyclic) bond motifs is 1. The minimum Gasteiger partial charge on any atom is -0.326 e. The monoisotopic (exact) mass is 493 g/mol. The number of nitrogens with zero attached hydrogens (tertiary/aromatic N) is 2. The van der Waals surface area contributed by atoms with Crippen LogP contribution in [0.25, 0.3) is 10.2 Å². The van der Waals surface area contributed by atoms with E-state index in [0.717, 1.165) is 21.6 Å². The Balaban J connectivity index is 1.45. The lowest BCUT2D eigenvalue weighted by atomic mass is 9.98. The summed E-state index contributed by atoms with van der Waals surface area (Å²) in [6.45, 7) is 3.05. The van der Waals surface area contributed by atoms with Crippen molar-refractivity contribution in [3.8, 4) is 0 Å². The van der Waals surface area contributed by atoms with E-state index >= 15 is 0 Å². The van der Waals surface area contributed by atoms with Gasteiger partial charge in [-0.15, -0.1) is 0 Å². The van der Waals surface area contributed by atoms with Crippen molar-refractivity contribution in [2.24, 2.45) is 5.92 Å². The molecule has 0 radical (unpaired) electrons. The number of carbonyl (C=O) groups excluding carboxylic acids is 1. The first-order valence-electron chi connectivity index (χ1n) is 10.4. The smallest absolute Gasteiger partial charge is 0.308 e. The zero-order valence-electron chi connectivity index (χ0n) is 17.6. The molecule has 1 N–H and O–H groups in total. The number of hydrogen-bond acceptors (Lipinski definition) is 5. The van der Waals surface area contributed by atoms with E-state index < -0.39 is 15.9 Å². The molecule has 0 unspecified atom stereocenters. The van der Waals surface area contributed by atoms with E-state index in [0.29, 0.717) is 42.2 Å². The van der Waals surface area contributed by atoms with Crippen molar-refractivity contribution in [1.29, 1.82) is 0 Å². The van der Waals surface area contributed by atoms with E-state index in [-0.39, 0.29) is 23.1 Å². The molecule has 32 heavy (non-hydrogen) atoms. The van der Waals surface area contributed by atoms with Crippen molar-refractivity contribution < 1.29 is 13.2 Å². The van der Waals surface area contributed by atoms with E-state index in [4.69, 9.17) is 11.6 Å². The Labute approximate surface area is 195 Å². The van der Waals surface area contributed by atoms with Gasteiger partial charge in [0, 0.05) is 30.3 Å². The molecule has 1 aliphatic heterocycles. The van der Waals surface area contributed by atoms with Gasteiger partial charge in [-0.05, 0) is 55.7 Å². The first-order valence-corrected chi connectivity index (χ1v) is 13.2. The number of aryl methyl sites for hydroxylation is 1. The normalized spacial score (nSPS) is 17.5. The summed E-state index contributed by atoms with van der Waals surface area (Å²) >= 11 is 7.12. The molecule has 2 aromatic carbocycles. The van der Waals surface area contributed by atoms with Gasteiger partial charge in [0.25, 0.3) is 0 Å². The topological polar surface area (TPSA) is 88.5 Å². The van der Waals surface area contributed by atoms with Crippen LogP contribution in [0.1, 0.15) is 25.3 Å². The summed E-state index contributed by atoms with van der Waals surface area (Å²) in [5, 5.41) is 3.39. The van der Waals surface area contributed by atoms with E-state index in [1.165, 1.54) is 4.31 Å². The first-order chi connectivity index (χ1) is 15.3. The Morgan fingerprint density at radius 3 is 2.81 bits per heavy atom. The van der Waals surface area contributed by atoms with Crippen LogP contribution in [0.4, 0.5) is 5.69 Å². The van der Waals surface area contributed by atoms with Gasteiger partial charge in [-0.2, -0.15) is 0 Å². The Hall–Kier alpha value is -2.20. The largest absolute Gasteiger partial charge is 0.326 e. The van der Waals surface area contributed by atoms with E-state index in [1.807, 2.05) is 13.0 Å². The second kappa shape index (κ2) is 9.35. The fraction of sp³-hybridized carbons (Fsp3) is 0.364. The van der Waals surface area contributed by atoms with Crippen molar-refractivity contribution in [1.82, 2.24) is 8.87 Å². The predicted octanol–water partition coefficient (Wildman–Crippen LogP) is 3.92. The average molecular weight is 494 g/mol. The molecule has 1 amide bonds. The summed E-state index contributed by atoms with van der Waals surface area (Å²) < 4.78 is 29.7. The van der Waals surface area contributed by atoms with Crippen LogP contribution in [-0.2, 0) is 27.1 Å². The van der Waals surface area contributed by atoms with Crippen LogP contribution in [0.2, 0.25) is 5.02 Å². The molecule has 0 bridgehead atoms. The number of thiazole rings is 1. The van der Waals surface area contributed by atoms with E-state index in [2.05, 4.69) is 5.32 Å². The second-order valence-corrected chi connectivity index (χ2v) is 11.3. The Morgan fingerprint density at radius 2 is 2.06 bits per heavy atom. The minimum absolute atomic E-state index is 0.0289. The molecule has 2 heterocycles. The maximum atomic E-state index is 12.9. The number of aromatic nitrogens is 1. The fourth-order valence-corrected chi connectivity index (χ4v) is 6.83. The van der Waals surface area contributed by atoms with Crippen molar-refractivity contribution in [2.45, 2.75) is 32.1 Å². The SMILES string of the molecule is CCn1c(=O)sc2cc(NC(=O)[C@H]3CCCN(S(=O)(=O)Cc4cccc(Cl)c4)C3)ccc21. The van der Waals surface area contributed by atoms with Gasteiger partial charge in [-0.3, -0.25) is 14.2 Å². The third kappa shape index (κ3) is 4.91. The lowest BCUT2D eigenvalue weighted by Crippen LogP contribution is -2.44. The molecule has 0 spiro atoms. The number of piperidine rings is 1. The van der Waals surface area contributed by atoms with Crippen molar-refractivity contribution in [3.63, 3.8) is 0 Å². The van der Waals surface area contributed by atoms with Crippen molar-refractivity contribution in [3.05, 3.63) is 62.7 Å². The molecule has 7 nitrogen and oxygen atoms in total. The van der Waals surface area contributed by atoms with Crippen LogP contribution >= 0.6 is 22.9 Å². The summed E-state index contributed by atoms with van der Waals surface area (Å²) in [6.07, 6.45) is 1.24. The quantitative estimate of drug-likeness (QED) is 0.563. The number of carbonyl (C=O) groups is 1. The van der Waals surface area contributed by atoms with Gasteiger partial charge in [-0.1, -0.05) is 35.1 Å². The molecule has 0 saturated carbocycles. The molecule has 1 saturated heterocycles. The number of hydrogen-bond donors (Lipinski definition) is 1. The molecule has 0 aliphatic carbocycles. The third-order valence-corrected chi connectivity index (χ3v) is 8.63. The van der Waals surface area contributed by atoms with Crippen molar-refractivity contribution >= 4 is 54.8 Å². The molecule has 1 aliphatic rings. The molecule has 1 aromatic heterocycles. The van der Waals surface area contributed by atoms with Gasteiger partial charge in [0.1, 0.15) is 0 Å². The van der Waals surface area contributed by atoms with Crippen LogP contribution in [0.5, 0.6) is 0 Å². The summed E-state index contributed by atoms with van der Waals surface area (Å²) in [4.78, 5) is 24.9. The standard InChI is InChI=1S/C22H24ClN3O4S2/c1-2-26-19-9-8-18(12-20(19)31-22(26)28)24-21(27)16-6-4-10-25(13-16)32(29,30)14-15-5-3-7-17(23)11-15/h3,5,7-9,11-12,16H,2,4,6,10,13-14H2,1H3,(H,24,27)/t16-/m0/s1. The second-order valence-electron chi connectivity index (χ2n) is 7.87. The number of benzene rings is 2. The van der Waals surface area contributed by atoms with Gasteiger partial charge in [0.05, 0.1) is 21.9 Å². The van der Waals surface area contributed by atoms with Crippen LogP contribution < -0.4 is 10.2 Å². The van der Waals surface area contributed by atoms with Crippen molar-refractivity contribution in [2.75, 3.05) is 18.4 Å². The van der Waals surface area contributed by atoms with Gasteiger partial charge < -0.3 is 5.32 Å². The number of rotatable bonds is 6. The van der Waals surface area contributed by atoms with Gasteiger partial charge in [0.2, 0.25) is 15.9 Å². The van der Waals surface area contributed by atoms with Crippen LogP contribution in [0.15, 0.2) is 47.3 Å². The summed E-state index contributed by atoms with van der Waals surface area (Å²) in [5.41, 5.74) is 2.07. The Morgan fingerprint density at radius 1 is 1.25 bits per heavy atom. The molecular formula is C22H24ClN3O4S2. The molecule has 1 atom stereocenters.